The Balaban J connectivity index is 2.08. The number of carbonyl (C=O) groups is 1. The SMILES string of the molecule is C=C1CCC2C(C)CCC3C(C)C(=O)O[C@@]23C1O. The molecule has 0 radical (unpaired) electrons. The number of esters is 1. The highest BCUT2D eigenvalue weighted by Gasteiger charge is 2.65. The topological polar surface area (TPSA) is 46.5 Å². The van der Waals surface area contributed by atoms with E-state index in [0.717, 1.165) is 31.3 Å². The van der Waals surface area contributed by atoms with Crippen molar-refractivity contribution in [1.29, 1.82) is 0 Å². The van der Waals surface area contributed by atoms with Gasteiger partial charge in [0.15, 0.2) is 0 Å². The molecule has 3 rings (SSSR count). The predicted molar refractivity (Wildman–Crippen MR) is 67.7 cm³/mol. The Morgan fingerprint density at radius 2 is 2.00 bits per heavy atom. The van der Waals surface area contributed by atoms with Crippen LogP contribution in [0.15, 0.2) is 12.2 Å². The van der Waals surface area contributed by atoms with Crippen molar-refractivity contribution in [2.24, 2.45) is 23.7 Å². The van der Waals surface area contributed by atoms with Crippen molar-refractivity contribution in [3.63, 3.8) is 0 Å². The first-order valence-electron chi connectivity index (χ1n) is 7.07. The summed E-state index contributed by atoms with van der Waals surface area (Å²) in [5.41, 5.74) is 0.177. The molecule has 100 valence electrons. The van der Waals surface area contributed by atoms with E-state index in [2.05, 4.69) is 13.5 Å². The quantitative estimate of drug-likeness (QED) is 0.530. The minimum absolute atomic E-state index is 0.0828. The zero-order valence-corrected chi connectivity index (χ0v) is 11.2. The van der Waals surface area contributed by atoms with E-state index in [1.54, 1.807) is 0 Å². The number of aliphatic hydroxyl groups is 1. The number of rotatable bonds is 0. The van der Waals surface area contributed by atoms with Crippen molar-refractivity contribution in [1.82, 2.24) is 0 Å². The molecule has 1 spiro atoms. The van der Waals surface area contributed by atoms with Crippen LogP contribution in [0.4, 0.5) is 0 Å². The lowest BCUT2D eigenvalue weighted by Gasteiger charge is -2.53. The molecule has 3 heteroatoms. The molecule has 3 aliphatic rings. The summed E-state index contributed by atoms with van der Waals surface area (Å²) >= 11 is 0. The second-order valence-corrected chi connectivity index (χ2v) is 6.43. The maximum Gasteiger partial charge on any atom is 0.309 e. The van der Waals surface area contributed by atoms with Gasteiger partial charge in [-0.2, -0.15) is 0 Å². The van der Waals surface area contributed by atoms with Gasteiger partial charge >= 0.3 is 5.97 Å². The minimum Gasteiger partial charge on any atom is -0.455 e. The monoisotopic (exact) mass is 250 g/mol. The van der Waals surface area contributed by atoms with Crippen LogP contribution in [0.1, 0.15) is 39.5 Å². The Morgan fingerprint density at radius 1 is 1.28 bits per heavy atom. The van der Waals surface area contributed by atoms with Crippen LogP contribution < -0.4 is 0 Å². The smallest absolute Gasteiger partial charge is 0.309 e. The first kappa shape index (κ1) is 12.2. The fraction of sp³-hybridized carbons (Fsp3) is 0.800. The summed E-state index contributed by atoms with van der Waals surface area (Å²) in [5.74, 6) is 0.763. The second-order valence-electron chi connectivity index (χ2n) is 6.43. The van der Waals surface area contributed by atoms with Gasteiger partial charge in [0.1, 0.15) is 11.7 Å². The van der Waals surface area contributed by atoms with Gasteiger partial charge in [-0.25, -0.2) is 0 Å². The average molecular weight is 250 g/mol. The van der Waals surface area contributed by atoms with Crippen molar-refractivity contribution in [3.05, 3.63) is 12.2 Å². The van der Waals surface area contributed by atoms with Crippen molar-refractivity contribution in [2.45, 2.75) is 51.2 Å². The molecule has 0 aromatic carbocycles. The molecule has 3 fully saturated rings. The molecular formula is C15H22O3. The van der Waals surface area contributed by atoms with Gasteiger partial charge in [0.25, 0.3) is 0 Å². The molecule has 0 amide bonds. The van der Waals surface area contributed by atoms with Crippen LogP contribution in [-0.2, 0) is 9.53 Å². The summed E-state index contributed by atoms with van der Waals surface area (Å²) in [5, 5.41) is 10.6. The van der Waals surface area contributed by atoms with Crippen LogP contribution in [0.5, 0.6) is 0 Å². The van der Waals surface area contributed by atoms with Gasteiger partial charge in [0.2, 0.25) is 0 Å². The Kier molecular flexibility index (Phi) is 2.60. The third-order valence-corrected chi connectivity index (χ3v) is 5.62. The normalized spacial score (nSPS) is 51.6. The van der Waals surface area contributed by atoms with Crippen LogP contribution >= 0.6 is 0 Å². The Morgan fingerprint density at radius 3 is 2.72 bits per heavy atom. The Hall–Kier alpha value is -0.830. The predicted octanol–water partition coefficient (Wildman–Crippen LogP) is 2.29. The van der Waals surface area contributed by atoms with Crippen LogP contribution in [0.25, 0.3) is 0 Å². The van der Waals surface area contributed by atoms with E-state index < -0.39 is 11.7 Å². The highest BCUT2D eigenvalue weighted by molar-refractivity contribution is 5.76. The fourth-order valence-electron chi connectivity index (χ4n) is 4.58. The minimum atomic E-state index is -0.669. The van der Waals surface area contributed by atoms with Gasteiger partial charge in [-0.1, -0.05) is 20.4 Å². The number of hydrogen-bond donors (Lipinski definition) is 1. The molecular weight excluding hydrogens is 228 g/mol. The molecule has 2 aliphatic carbocycles. The van der Waals surface area contributed by atoms with Crippen molar-refractivity contribution in [3.8, 4) is 0 Å². The van der Waals surface area contributed by atoms with E-state index in [4.69, 9.17) is 4.74 Å². The first-order chi connectivity index (χ1) is 8.48. The number of aliphatic hydroxyl groups excluding tert-OH is 1. The number of carbonyl (C=O) groups excluding carboxylic acids is 1. The van der Waals surface area contributed by atoms with Crippen molar-refractivity contribution in [2.75, 3.05) is 0 Å². The third kappa shape index (κ3) is 1.31. The molecule has 5 unspecified atom stereocenters. The van der Waals surface area contributed by atoms with E-state index in [9.17, 15) is 9.90 Å². The molecule has 18 heavy (non-hydrogen) atoms. The van der Waals surface area contributed by atoms with Crippen molar-refractivity contribution >= 4 is 5.97 Å². The van der Waals surface area contributed by atoms with Gasteiger partial charge in [0.05, 0.1) is 5.92 Å². The van der Waals surface area contributed by atoms with E-state index in [1.165, 1.54) is 0 Å². The molecule has 3 nitrogen and oxygen atoms in total. The largest absolute Gasteiger partial charge is 0.455 e. The van der Waals surface area contributed by atoms with Crippen LogP contribution in [0.2, 0.25) is 0 Å². The van der Waals surface area contributed by atoms with E-state index in [1.807, 2.05) is 6.92 Å². The molecule has 1 aliphatic heterocycles. The average Bonchev–Trinajstić information content (AvgIpc) is 2.59. The highest BCUT2D eigenvalue weighted by Crippen LogP contribution is 2.58. The summed E-state index contributed by atoms with van der Waals surface area (Å²) in [4.78, 5) is 12.0. The summed E-state index contributed by atoms with van der Waals surface area (Å²) < 4.78 is 5.77. The zero-order chi connectivity index (χ0) is 13.1. The van der Waals surface area contributed by atoms with E-state index >= 15 is 0 Å². The standard InChI is InChI=1S/C15H22O3/c1-8-4-7-12-10(3)14(17)18-15(12)11(8)6-5-9(2)13(15)16/h8,10-13,16H,2,4-7H2,1,3H3/t8?,10?,11?,12?,13?,15-/m0/s1. The highest BCUT2D eigenvalue weighted by atomic mass is 16.6. The third-order valence-electron chi connectivity index (χ3n) is 5.62. The number of ether oxygens (including phenoxy) is 1. The summed E-state index contributed by atoms with van der Waals surface area (Å²) in [6.45, 7) is 8.14. The van der Waals surface area contributed by atoms with Gasteiger partial charge < -0.3 is 9.84 Å². The molecule has 6 atom stereocenters. The summed E-state index contributed by atoms with van der Waals surface area (Å²) in [7, 11) is 0. The first-order valence-corrected chi connectivity index (χ1v) is 7.07. The van der Waals surface area contributed by atoms with E-state index in [-0.39, 0.29) is 17.8 Å². The Labute approximate surface area is 108 Å². The lowest BCUT2D eigenvalue weighted by atomic mass is 9.55. The molecule has 1 N–H and O–H groups in total. The molecule has 0 bridgehead atoms. The zero-order valence-electron chi connectivity index (χ0n) is 11.2. The fourth-order valence-corrected chi connectivity index (χ4v) is 4.58. The van der Waals surface area contributed by atoms with Gasteiger partial charge in [0, 0.05) is 11.8 Å². The van der Waals surface area contributed by atoms with Crippen LogP contribution in [0.3, 0.4) is 0 Å². The number of hydrogen-bond acceptors (Lipinski definition) is 3. The van der Waals surface area contributed by atoms with Gasteiger partial charge in [-0.15, -0.1) is 0 Å². The Bertz CT molecular complexity index is 403. The molecule has 0 aromatic rings. The maximum absolute atomic E-state index is 12.0. The lowest BCUT2D eigenvalue weighted by Crippen LogP contribution is -2.60. The van der Waals surface area contributed by atoms with Crippen LogP contribution in [0, 0.1) is 23.7 Å². The molecule has 1 heterocycles. The summed E-state index contributed by atoms with van der Waals surface area (Å²) in [6, 6.07) is 0. The lowest BCUT2D eigenvalue weighted by molar-refractivity contribution is -0.188. The molecule has 0 aromatic heterocycles. The van der Waals surface area contributed by atoms with Crippen molar-refractivity contribution < 1.29 is 14.6 Å². The second kappa shape index (κ2) is 3.83. The maximum atomic E-state index is 12.0. The molecule has 2 saturated carbocycles. The van der Waals surface area contributed by atoms with E-state index in [0.29, 0.717) is 11.8 Å². The van der Waals surface area contributed by atoms with Gasteiger partial charge in [-0.05, 0) is 37.2 Å². The molecule has 1 saturated heterocycles. The van der Waals surface area contributed by atoms with Crippen LogP contribution in [-0.4, -0.2) is 22.8 Å². The van der Waals surface area contributed by atoms with Gasteiger partial charge in [-0.3, -0.25) is 4.79 Å². The summed E-state index contributed by atoms with van der Waals surface area (Å²) in [6.07, 6.45) is 3.30.